The van der Waals surface area contributed by atoms with Crippen LogP contribution >= 0.6 is 0 Å². The fraction of sp³-hybridized carbons (Fsp3) is 0.318. The quantitative estimate of drug-likeness (QED) is 0.759. The highest BCUT2D eigenvalue weighted by molar-refractivity contribution is 5.94. The van der Waals surface area contributed by atoms with Gasteiger partial charge in [-0.05, 0) is 42.7 Å². The molecule has 1 aliphatic rings. The van der Waals surface area contributed by atoms with Gasteiger partial charge in [-0.2, -0.15) is 0 Å². The zero-order valence-corrected chi connectivity index (χ0v) is 16.0. The molecule has 0 aromatic heterocycles. The Morgan fingerprint density at radius 2 is 1.66 bits per heavy atom. The highest BCUT2D eigenvalue weighted by atomic mass is 19.1. The number of rotatable bonds is 6. The van der Waals surface area contributed by atoms with Gasteiger partial charge in [0.05, 0.1) is 5.92 Å². The van der Waals surface area contributed by atoms with E-state index < -0.39 is 11.8 Å². The lowest BCUT2D eigenvalue weighted by atomic mass is 9.96. The van der Waals surface area contributed by atoms with Crippen molar-refractivity contribution in [3.05, 3.63) is 71.5 Å². The minimum absolute atomic E-state index is 0.183. The van der Waals surface area contributed by atoms with Crippen LogP contribution in [0.2, 0.25) is 0 Å². The minimum Gasteiger partial charge on any atom is -0.455 e. The SMILES string of the molecule is O=C(COC(=O)C1CCN(C(=O)c2ccc(F)cc2)CC1)NCc1ccccc1. The number of amides is 2. The molecule has 0 saturated carbocycles. The first kappa shape index (κ1) is 20.5. The number of ether oxygens (including phenoxy) is 1. The number of hydrogen-bond acceptors (Lipinski definition) is 4. The van der Waals surface area contributed by atoms with Gasteiger partial charge in [-0.15, -0.1) is 0 Å². The molecule has 2 aromatic rings. The van der Waals surface area contributed by atoms with Crippen LogP contribution in [0.4, 0.5) is 4.39 Å². The fourth-order valence-electron chi connectivity index (χ4n) is 3.20. The van der Waals surface area contributed by atoms with Crippen LogP contribution < -0.4 is 5.32 Å². The second-order valence-corrected chi connectivity index (χ2v) is 6.94. The molecule has 1 saturated heterocycles. The molecule has 6 nitrogen and oxygen atoms in total. The van der Waals surface area contributed by atoms with Crippen molar-refractivity contribution in [1.82, 2.24) is 10.2 Å². The molecule has 29 heavy (non-hydrogen) atoms. The number of benzene rings is 2. The van der Waals surface area contributed by atoms with Gasteiger partial charge < -0.3 is 15.0 Å². The topological polar surface area (TPSA) is 75.7 Å². The number of carbonyl (C=O) groups excluding carboxylic acids is 3. The number of hydrogen-bond donors (Lipinski definition) is 1. The number of carbonyl (C=O) groups is 3. The van der Waals surface area contributed by atoms with E-state index in [9.17, 15) is 18.8 Å². The summed E-state index contributed by atoms with van der Waals surface area (Å²) < 4.78 is 18.1. The van der Waals surface area contributed by atoms with Crippen molar-refractivity contribution in [2.24, 2.45) is 5.92 Å². The van der Waals surface area contributed by atoms with Gasteiger partial charge in [-0.25, -0.2) is 4.39 Å². The summed E-state index contributed by atoms with van der Waals surface area (Å²) in [5.74, 6) is -1.69. The van der Waals surface area contributed by atoms with Crippen LogP contribution in [-0.2, 0) is 20.9 Å². The molecule has 0 radical (unpaired) electrons. The molecule has 0 atom stereocenters. The Bertz CT molecular complexity index is 847. The van der Waals surface area contributed by atoms with Crippen LogP contribution in [0.15, 0.2) is 54.6 Å². The number of piperidine rings is 1. The van der Waals surface area contributed by atoms with Crippen molar-refractivity contribution in [1.29, 1.82) is 0 Å². The first-order chi connectivity index (χ1) is 14.0. The number of esters is 1. The maximum Gasteiger partial charge on any atom is 0.309 e. The molecule has 1 aliphatic heterocycles. The Hall–Kier alpha value is -3.22. The molecule has 0 bridgehead atoms. The van der Waals surface area contributed by atoms with Crippen LogP contribution in [0.25, 0.3) is 0 Å². The van der Waals surface area contributed by atoms with Gasteiger partial charge in [-0.1, -0.05) is 30.3 Å². The van der Waals surface area contributed by atoms with E-state index in [4.69, 9.17) is 4.74 Å². The first-order valence-corrected chi connectivity index (χ1v) is 9.55. The lowest BCUT2D eigenvalue weighted by molar-refractivity contribution is -0.153. The van der Waals surface area contributed by atoms with Crippen LogP contribution in [0.1, 0.15) is 28.8 Å². The predicted octanol–water partition coefficient (Wildman–Crippen LogP) is 2.54. The van der Waals surface area contributed by atoms with E-state index in [1.807, 2.05) is 30.3 Å². The van der Waals surface area contributed by atoms with Crippen molar-refractivity contribution in [2.75, 3.05) is 19.7 Å². The molecule has 2 amide bonds. The Kier molecular flexibility index (Phi) is 6.94. The number of likely N-dealkylation sites (tertiary alicyclic amines) is 1. The van der Waals surface area contributed by atoms with Gasteiger partial charge in [-0.3, -0.25) is 14.4 Å². The van der Waals surface area contributed by atoms with Crippen molar-refractivity contribution < 1.29 is 23.5 Å². The van der Waals surface area contributed by atoms with Crippen molar-refractivity contribution in [3.8, 4) is 0 Å². The average molecular weight is 398 g/mol. The van der Waals surface area contributed by atoms with E-state index in [1.165, 1.54) is 24.3 Å². The number of halogens is 1. The molecule has 1 heterocycles. The minimum atomic E-state index is -0.422. The Balaban J connectivity index is 1.38. The lowest BCUT2D eigenvalue weighted by Crippen LogP contribution is -2.41. The fourth-order valence-corrected chi connectivity index (χ4v) is 3.20. The summed E-state index contributed by atoms with van der Waals surface area (Å²) in [6.45, 7) is 0.883. The molecule has 152 valence electrons. The normalized spacial score (nSPS) is 14.3. The second kappa shape index (κ2) is 9.82. The third-order valence-corrected chi connectivity index (χ3v) is 4.88. The predicted molar refractivity (Wildman–Crippen MR) is 104 cm³/mol. The summed E-state index contributed by atoms with van der Waals surface area (Å²) in [6, 6.07) is 14.9. The van der Waals surface area contributed by atoms with E-state index in [2.05, 4.69) is 5.32 Å². The van der Waals surface area contributed by atoms with E-state index in [-0.39, 0.29) is 24.3 Å². The third kappa shape index (κ3) is 5.88. The van der Waals surface area contributed by atoms with Gasteiger partial charge >= 0.3 is 5.97 Å². The summed E-state index contributed by atoms with van der Waals surface area (Å²) in [4.78, 5) is 38.1. The summed E-state index contributed by atoms with van der Waals surface area (Å²) in [7, 11) is 0. The molecular formula is C22H23FN2O4. The summed E-state index contributed by atoms with van der Waals surface area (Å²) in [6.07, 6.45) is 0.939. The maximum atomic E-state index is 13.0. The van der Waals surface area contributed by atoms with Gasteiger partial charge in [0.25, 0.3) is 11.8 Å². The first-order valence-electron chi connectivity index (χ1n) is 9.55. The molecule has 1 N–H and O–H groups in total. The third-order valence-electron chi connectivity index (χ3n) is 4.88. The number of nitrogens with zero attached hydrogens (tertiary/aromatic N) is 1. The summed E-state index contributed by atoms with van der Waals surface area (Å²) >= 11 is 0. The number of nitrogens with one attached hydrogen (secondary N) is 1. The highest BCUT2D eigenvalue weighted by Crippen LogP contribution is 2.20. The molecule has 7 heteroatoms. The van der Waals surface area contributed by atoms with Crippen LogP contribution in [0.5, 0.6) is 0 Å². The van der Waals surface area contributed by atoms with Gasteiger partial charge in [0.2, 0.25) is 0 Å². The van der Waals surface area contributed by atoms with Crippen LogP contribution in [0.3, 0.4) is 0 Å². The van der Waals surface area contributed by atoms with Gasteiger partial charge in [0, 0.05) is 25.2 Å². The van der Waals surface area contributed by atoms with Crippen molar-refractivity contribution in [3.63, 3.8) is 0 Å². The monoisotopic (exact) mass is 398 g/mol. The standard InChI is InChI=1S/C22H23FN2O4/c23-19-8-6-17(7-9-19)21(27)25-12-10-18(11-13-25)22(28)29-15-20(26)24-14-16-4-2-1-3-5-16/h1-9,18H,10-15H2,(H,24,26). The van der Waals surface area contributed by atoms with Crippen LogP contribution in [-0.4, -0.2) is 42.4 Å². The molecule has 2 aromatic carbocycles. The van der Waals surface area contributed by atoms with E-state index in [0.29, 0.717) is 38.0 Å². The second-order valence-electron chi connectivity index (χ2n) is 6.94. The Morgan fingerprint density at radius 1 is 1.00 bits per heavy atom. The Labute approximate surface area is 168 Å². The molecular weight excluding hydrogens is 375 g/mol. The van der Waals surface area contributed by atoms with E-state index in [1.54, 1.807) is 4.90 Å². The molecule has 0 aliphatic carbocycles. The lowest BCUT2D eigenvalue weighted by Gasteiger charge is -2.31. The van der Waals surface area contributed by atoms with Crippen molar-refractivity contribution in [2.45, 2.75) is 19.4 Å². The molecule has 0 unspecified atom stereocenters. The zero-order chi connectivity index (χ0) is 20.6. The Morgan fingerprint density at radius 3 is 2.31 bits per heavy atom. The molecule has 3 rings (SSSR count). The van der Waals surface area contributed by atoms with Crippen LogP contribution in [0, 0.1) is 11.7 Å². The van der Waals surface area contributed by atoms with E-state index in [0.717, 1.165) is 5.56 Å². The smallest absolute Gasteiger partial charge is 0.309 e. The van der Waals surface area contributed by atoms with Gasteiger partial charge in [0.15, 0.2) is 6.61 Å². The highest BCUT2D eigenvalue weighted by Gasteiger charge is 2.29. The zero-order valence-electron chi connectivity index (χ0n) is 16.0. The summed E-state index contributed by atoms with van der Waals surface area (Å²) in [5.41, 5.74) is 1.38. The van der Waals surface area contributed by atoms with Gasteiger partial charge in [0.1, 0.15) is 5.82 Å². The average Bonchev–Trinajstić information content (AvgIpc) is 2.77. The molecule has 0 spiro atoms. The molecule has 1 fully saturated rings. The van der Waals surface area contributed by atoms with E-state index >= 15 is 0 Å². The summed E-state index contributed by atoms with van der Waals surface area (Å²) in [5, 5.41) is 2.71. The van der Waals surface area contributed by atoms with Crippen molar-refractivity contribution >= 4 is 17.8 Å². The largest absolute Gasteiger partial charge is 0.455 e. The maximum absolute atomic E-state index is 13.0.